The Labute approximate surface area is 110 Å². The fourth-order valence-corrected chi connectivity index (χ4v) is 4.37. The van der Waals surface area contributed by atoms with Gasteiger partial charge in [-0.15, -0.1) is 12.4 Å². The molecule has 1 unspecified atom stereocenters. The van der Waals surface area contributed by atoms with Crippen LogP contribution in [0.15, 0.2) is 0 Å². The van der Waals surface area contributed by atoms with Gasteiger partial charge in [-0.25, -0.2) is 13.1 Å². The van der Waals surface area contributed by atoms with E-state index in [-0.39, 0.29) is 18.4 Å². The molecule has 4 nitrogen and oxygen atoms in total. The third-order valence-corrected chi connectivity index (χ3v) is 5.28. The van der Waals surface area contributed by atoms with Crippen LogP contribution in [0, 0.1) is 11.8 Å². The summed E-state index contributed by atoms with van der Waals surface area (Å²) in [4.78, 5) is 0. The average Bonchev–Trinajstić information content (AvgIpc) is 2.85. The highest BCUT2D eigenvalue weighted by Gasteiger charge is 2.32. The molecule has 17 heavy (non-hydrogen) atoms. The molecule has 1 atom stereocenters. The van der Waals surface area contributed by atoms with E-state index in [0.29, 0.717) is 24.1 Å². The molecule has 2 rings (SSSR count). The monoisotopic (exact) mass is 282 g/mol. The highest BCUT2D eigenvalue weighted by atomic mass is 35.5. The quantitative estimate of drug-likeness (QED) is 0.770. The zero-order valence-electron chi connectivity index (χ0n) is 10.1. The molecule has 2 fully saturated rings. The van der Waals surface area contributed by atoms with Gasteiger partial charge in [-0.3, -0.25) is 0 Å². The van der Waals surface area contributed by atoms with Gasteiger partial charge in [0.25, 0.3) is 0 Å². The van der Waals surface area contributed by atoms with E-state index in [9.17, 15) is 8.42 Å². The van der Waals surface area contributed by atoms with Gasteiger partial charge in [0, 0.05) is 12.6 Å². The fourth-order valence-electron chi connectivity index (χ4n) is 2.57. The van der Waals surface area contributed by atoms with Crippen LogP contribution in [-0.4, -0.2) is 26.8 Å². The van der Waals surface area contributed by atoms with E-state index in [1.807, 2.05) is 0 Å². The molecule has 0 aromatic rings. The van der Waals surface area contributed by atoms with E-state index < -0.39 is 10.0 Å². The predicted molar refractivity (Wildman–Crippen MR) is 71.7 cm³/mol. The van der Waals surface area contributed by atoms with Crippen molar-refractivity contribution in [3.63, 3.8) is 0 Å². The first-order valence-corrected chi connectivity index (χ1v) is 7.96. The molecule has 6 heteroatoms. The average molecular weight is 283 g/mol. The number of hydrogen-bond donors (Lipinski definition) is 2. The Morgan fingerprint density at radius 1 is 1.18 bits per heavy atom. The Kier molecular flexibility index (Phi) is 5.70. The number of halogens is 1. The molecule has 2 aliphatic carbocycles. The van der Waals surface area contributed by atoms with E-state index >= 15 is 0 Å². The van der Waals surface area contributed by atoms with Crippen LogP contribution in [0.4, 0.5) is 0 Å². The van der Waals surface area contributed by atoms with Crippen LogP contribution in [0.2, 0.25) is 0 Å². The van der Waals surface area contributed by atoms with Crippen molar-refractivity contribution in [3.05, 3.63) is 0 Å². The lowest BCUT2D eigenvalue weighted by molar-refractivity contribution is 0.405. The second-order valence-corrected chi connectivity index (χ2v) is 7.03. The number of nitrogens with one attached hydrogen (secondary N) is 1. The van der Waals surface area contributed by atoms with Gasteiger partial charge in [0.1, 0.15) is 0 Å². The van der Waals surface area contributed by atoms with E-state index in [0.717, 1.165) is 25.7 Å². The van der Waals surface area contributed by atoms with Crippen molar-refractivity contribution in [2.45, 2.75) is 44.6 Å². The van der Waals surface area contributed by atoms with Crippen molar-refractivity contribution < 1.29 is 8.42 Å². The minimum Gasteiger partial charge on any atom is -0.329 e. The van der Waals surface area contributed by atoms with E-state index in [4.69, 9.17) is 5.73 Å². The molecule has 102 valence electrons. The van der Waals surface area contributed by atoms with Crippen LogP contribution in [0.3, 0.4) is 0 Å². The lowest BCUT2D eigenvalue weighted by atomic mass is 9.99. The summed E-state index contributed by atoms with van der Waals surface area (Å²) in [5, 5.41) is 0. The first kappa shape index (κ1) is 15.2. The van der Waals surface area contributed by atoms with E-state index in [1.54, 1.807) is 0 Å². The van der Waals surface area contributed by atoms with Gasteiger partial charge in [-0.05, 0) is 37.5 Å². The second kappa shape index (κ2) is 6.36. The molecule has 3 N–H and O–H groups in total. The smallest absolute Gasteiger partial charge is 0.212 e. The maximum absolute atomic E-state index is 11.8. The zero-order chi connectivity index (χ0) is 11.6. The standard InChI is InChI=1S/C11H22N2O2S.ClH/c12-7-11(10-3-1-2-4-10)13-16(14,15)8-9-5-6-9;/h9-11,13H,1-8,12H2;1H. The normalized spacial score (nSPS) is 23.4. The molecule has 0 amide bonds. The third-order valence-electron chi connectivity index (χ3n) is 3.71. The van der Waals surface area contributed by atoms with Crippen molar-refractivity contribution >= 4 is 22.4 Å². The van der Waals surface area contributed by atoms with Gasteiger partial charge in [0.15, 0.2) is 0 Å². The molecule has 0 aromatic carbocycles. The van der Waals surface area contributed by atoms with Crippen molar-refractivity contribution in [2.24, 2.45) is 17.6 Å². The Bertz CT molecular complexity index is 324. The molecular formula is C11H23ClN2O2S. The summed E-state index contributed by atoms with van der Waals surface area (Å²) in [6, 6.07) is -0.0359. The van der Waals surface area contributed by atoms with Gasteiger partial charge in [0.2, 0.25) is 10.0 Å². The highest BCUT2D eigenvalue weighted by molar-refractivity contribution is 7.89. The SMILES string of the molecule is Cl.NCC(NS(=O)(=O)CC1CC1)C1CCCC1. The Hall–Kier alpha value is 0.160. The van der Waals surface area contributed by atoms with Crippen molar-refractivity contribution in [1.29, 1.82) is 0 Å². The lowest BCUT2D eigenvalue weighted by Gasteiger charge is -2.22. The number of hydrogen-bond acceptors (Lipinski definition) is 3. The molecule has 2 aliphatic rings. The number of rotatable bonds is 6. The Morgan fingerprint density at radius 3 is 2.24 bits per heavy atom. The van der Waals surface area contributed by atoms with Gasteiger partial charge in [0.05, 0.1) is 5.75 Å². The number of nitrogens with two attached hydrogens (primary N) is 1. The van der Waals surface area contributed by atoms with Gasteiger partial charge >= 0.3 is 0 Å². The Morgan fingerprint density at radius 2 is 1.76 bits per heavy atom. The second-order valence-electron chi connectivity index (χ2n) is 5.23. The summed E-state index contributed by atoms with van der Waals surface area (Å²) in [5.74, 6) is 1.16. The van der Waals surface area contributed by atoms with Crippen LogP contribution in [0.25, 0.3) is 0 Å². The van der Waals surface area contributed by atoms with Gasteiger partial charge < -0.3 is 5.73 Å². The van der Waals surface area contributed by atoms with Crippen LogP contribution >= 0.6 is 12.4 Å². The molecule has 0 saturated heterocycles. The van der Waals surface area contributed by atoms with Crippen LogP contribution in [0.1, 0.15) is 38.5 Å². The predicted octanol–water partition coefficient (Wildman–Crippen LogP) is 1.26. The molecule has 0 heterocycles. The molecular weight excluding hydrogens is 260 g/mol. The molecule has 0 radical (unpaired) electrons. The van der Waals surface area contributed by atoms with Crippen LogP contribution in [0.5, 0.6) is 0 Å². The fraction of sp³-hybridized carbons (Fsp3) is 1.00. The topological polar surface area (TPSA) is 72.2 Å². The van der Waals surface area contributed by atoms with E-state index in [2.05, 4.69) is 4.72 Å². The van der Waals surface area contributed by atoms with Gasteiger partial charge in [-0.2, -0.15) is 0 Å². The molecule has 0 bridgehead atoms. The molecule has 2 saturated carbocycles. The summed E-state index contributed by atoms with van der Waals surface area (Å²) >= 11 is 0. The molecule has 0 spiro atoms. The largest absolute Gasteiger partial charge is 0.329 e. The summed E-state index contributed by atoms with van der Waals surface area (Å²) < 4.78 is 26.5. The van der Waals surface area contributed by atoms with Gasteiger partial charge in [-0.1, -0.05) is 12.8 Å². The van der Waals surface area contributed by atoms with Crippen LogP contribution < -0.4 is 10.5 Å². The first-order valence-electron chi connectivity index (χ1n) is 6.31. The van der Waals surface area contributed by atoms with E-state index in [1.165, 1.54) is 12.8 Å². The minimum atomic E-state index is -3.10. The zero-order valence-corrected chi connectivity index (χ0v) is 11.7. The third kappa shape index (κ3) is 4.73. The minimum absolute atomic E-state index is 0. The first-order chi connectivity index (χ1) is 7.61. The molecule has 0 aromatic heterocycles. The maximum atomic E-state index is 11.8. The van der Waals surface area contributed by atoms with Crippen molar-refractivity contribution in [1.82, 2.24) is 4.72 Å². The lowest BCUT2D eigenvalue weighted by Crippen LogP contribution is -2.45. The number of sulfonamides is 1. The summed E-state index contributed by atoms with van der Waals surface area (Å²) in [5.41, 5.74) is 5.68. The maximum Gasteiger partial charge on any atom is 0.212 e. The Balaban J connectivity index is 0.00000144. The van der Waals surface area contributed by atoms with Crippen LogP contribution in [-0.2, 0) is 10.0 Å². The summed E-state index contributed by atoms with van der Waals surface area (Å²) in [6.07, 6.45) is 6.80. The molecule has 0 aliphatic heterocycles. The van der Waals surface area contributed by atoms with Crippen molar-refractivity contribution in [2.75, 3.05) is 12.3 Å². The van der Waals surface area contributed by atoms with Crippen molar-refractivity contribution in [3.8, 4) is 0 Å². The summed E-state index contributed by atoms with van der Waals surface area (Å²) in [7, 11) is -3.10. The summed E-state index contributed by atoms with van der Waals surface area (Å²) in [6.45, 7) is 0.425. The highest BCUT2D eigenvalue weighted by Crippen LogP contribution is 2.31.